The van der Waals surface area contributed by atoms with Crippen LogP contribution in [0, 0.1) is 11.3 Å². The van der Waals surface area contributed by atoms with Crippen LogP contribution in [-0.4, -0.2) is 12.5 Å². The van der Waals surface area contributed by atoms with E-state index >= 15 is 0 Å². The zero-order chi connectivity index (χ0) is 16.2. The van der Waals surface area contributed by atoms with Gasteiger partial charge in [0, 0.05) is 22.3 Å². The number of amides is 1. The zero-order valence-electron chi connectivity index (χ0n) is 12.2. The highest BCUT2D eigenvalue weighted by molar-refractivity contribution is 7.21. The second-order valence-corrected chi connectivity index (χ2v) is 6.37. The lowest BCUT2D eigenvalue weighted by Gasteiger charge is -2.21. The number of nitrogens with zero attached hydrogens (tertiary/aromatic N) is 2. The first kappa shape index (κ1) is 15.5. The second kappa shape index (κ2) is 6.82. The Balaban J connectivity index is 2.03. The van der Waals surface area contributed by atoms with E-state index in [-0.39, 0.29) is 12.3 Å². The molecule has 0 aliphatic carbocycles. The van der Waals surface area contributed by atoms with Crippen LogP contribution in [0.5, 0.6) is 0 Å². The lowest BCUT2D eigenvalue weighted by Crippen LogP contribution is -2.31. The molecule has 23 heavy (non-hydrogen) atoms. The fraction of sp³-hybridized carbons (Fsp3) is 0.111. The van der Waals surface area contributed by atoms with Crippen molar-refractivity contribution < 1.29 is 4.79 Å². The molecule has 114 valence electrons. The molecular weight excluding hydrogens is 328 g/mol. The number of anilines is 1. The quantitative estimate of drug-likeness (QED) is 0.662. The van der Waals surface area contributed by atoms with Gasteiger partial charge < -0.3 is 4.90 Å². The monoisotopic (exact) mass is 340 g/mol. The summed E-state index contributed by atoms with van der Waals surface area (Å²) in [7, 11) is 0. The predicted molar refractivity (Wildman–Crippen MR) is 95.2 cm³/mol. The van der Waals surface area contributed by atoms with E-state index in [1.807, 2.05) is 54.6 Å². The van der Waals surface area contributed by atoms with Crippen LogP contribution < -0.4 is 4.90 Å². The van der Waals surface area contributed by atoms with E-state index in [0.717, 1.165) is 15.8 Å². The van der Waals surface area contributed by atoms with Gasteiger partial charge in [0.2, 0.25) is 0 Å². The van der Waals surface area contributed by atoms with E-state index in [1.54, 1.807) is 4.90 Å². The number of nitriles is 1. The van der Waals surface area contributed by atoms with Gasteiger partial charge in [0.25, 0.3) is 5.91 Å². The molecule has 3 nitrogen and oxygen atoms in total. The van der Waals surface area contributed by atoms with Crippen LogP contribution in [0.15, 0.2) is 54.6 Å². The number of hydrogen-bond acceptors (Lipinski definition) is 3. The normalized spacial score (nSPS) is 10.4. The molecule has 0 N–H and O–H groups in total. The van der Waals surface area contributed by atoms with Crippen molar-refractivity contribution in [2.24, 2.45) is 0 Å². The molecule has 3 aromatic rings. The zero-order valence-corrected chi connectivity index (χ0v) is 13.8. The molecule has 1 aromatic heterocycles. The minimum Gasteiger partial charge on any atom is -0.307 e. The molecular formula is C18H13ClN2OS. The van der Waals surface area contributed by atoms with Crippen LogP contribution in [0.25, 0.3) is 10.1 Å². The van der Waals surface area contributed by atoms with Crippen LogP contribution in [0.3, 0.4) is 0 Å². The number of rotatable bonds is 4. The first-order valence-corrected chi connectivity index (χ1v) is 8.32. The van der Waals surface area contributed by atoms with Crippen molar-refractivity contribution in [2.45, 2.75) is 6.42 Å². The van der Waals surface area contributed by atoms with Crippen molar-refractivity contribution in [3.63, 3.8) is 0 Å². The van der Waals surface area contributed by atoms with Gasteiger partial charge in [-0.2, -0.15) is 5.26 Å². The summed E-state index contributed by atoms with van der Waals surface area (Å²) in [6.45, 7) is 0.337. The summed E-state index contributed by atoms with van der Waals surface area (Å²) >= 11 is 7.80. The number of hydrogen-bond donors (Lipinski definition) is 0. The molecule has 0 bridgehead atoms. The van der Waals surface area contributed by atoms with Gasteiger partial charge >= 0.3 is 0 Å². The Labute approximate surface area is 143 Å². The van der Waals surface area contributed by atoms with Crippen LogP contribution in [-0.2, 0) is 0 Å². The van der Waals surface area contributed by atoms with Gasteiger partial charge in [0.1, 0.15) is 4.88 Å². The van der Waals surface area contributed by atoms with Gasteiger partial charge in [0.05, 0.1) is 17.5 Å². The van der Waals surface area contributed by atoms with Gasteiger partial charge in [-0.05, 0) is 18.2 Å². The second-order valence-electron chi connectivity index (χ2n) is 4.94. The van der Waals surface area contributed by atoms with E-state index < -0.39 is 0 Å². The molecule has 5 heteroatoms. The fourth-order valence-electron chi connectivity index (χ4n) is 2.39. The minimum absolute atomic E-state index is 0.169. The van der Waals surface area contributed by atoms with Gasteiger partial charge in [-0.1, -0.05) is 48.0 Å². The van der Waals surface area contributed by atoms with Crippen molar-refractivity contribution in [1.82, 2.24) is 0 Å². The maximum atomic E-state index is 13.0. The molecule has 0 radical (unpaired) electrons. The SMILES string of the molecule is N#CCCN(C(=O)c1sc2ccccc2c1Cl)c1ccccc1. The maximum Gasteiger partial charge on any atom is 0.269 e. The molecule has 3 rings (SSSR count). The average molecular weight is 341 g/mol. The van der Waals surface area contributed by atoms with Crippen LogP contribution >= 0.6 is 22.9 Å². The number of benzene rings is 2. The largest absolute Gasteiger partial charge is 0.307 e. The first-order chi connectivity index (χ1) is 11.2. The van der Waals surface area contributed by atoms with Crippen molar-refractivity contribution in [1.29, 1.82) is 5.26 Å². The lowest BCUT2D eigenvalue weighted by atomic mass is 10.2. The molecule has 0 atom stereocenters. The Morgan fingerprint density at radius 1 is 1.13 bits per heavy atom. The van der Waals surface area contributed by atoms with E-state index in [9.17, 15) is 4.79 Å². The summed E-state index contributed by atoms with van der Waals surface area (Å²) in [4.78, 5) is 15.1. The highest BCUT2D eigenvalue weighted by atomic mass is 35.5. The van der Waals surface area contributed by atoms with E-state index in [2.05, 4.69) is 6.07 Å². The molecule has 0 spiro atoms. The van der Waals surface area contributed by atoms with Crippen LogP contribution in [0.4, 0.5) is 5.69 Å². The van der Waals surface area contributed by atoms with Gasteiger partial charge in [-0.3, -0.25) is 4.79 Å². The molecule has 1 heterocycles. The lowest BCUT2D eigenvalue weighted by molar-refractivity contribution is 0.0991. The highest BCUT2D eigenvalue weighted by Gasteiger charge is 2.23. The van der Waals surface area contributed by atoms with E-state index in [4.69, 9.17) is 16.9 Å². The smallest absolute Gasteiger partial charge is 0.269 e. The van der Waals surface area contributed by atoms with E-state index in [1.165, 1.54) is 11.3 Å². The standard InChI is InChI=1S/C18H13ClN2OS/c19-16-14-9-4-5-10-15(14)23-17(16)18(22)21(12-6-11-20)13-7-2-1-3-8-13/h1-5,7-10H,6,12H2. The van der Waals surface area contributed by atoms with Gasteiger partial charge in [-0.25, -0.2) is 0 Å². The number of para-hydroxylation sites is 1. The van der Waals surface area contributed by atoms with Crippen molar-refractivity contribution in [2.75, 3.05) is 11.4 Å². The summed E-state index contributed by atoms with van der Waals surface area (Å²) in [6.07, 6.45) is 0.267. The molecule has 2 aromatic carbocycles. The number of halogens is 1. The van der Waals surface area contributed by atoms with Crippen molar-refractivity contribution in [3.8, 4) is 6.07 Å². The Bertz CT molecular complexity index is 883. The van der Waals surface area contributed by atoms with E-state index in [0.29, 0.717) is 16.4 Å². The van der Waals surface area contributed by atoms with Crippen LogP contribution in [0.2, 0.25) is 5.02 Å². The van der Waals surface area contributed by atoms with Crippen molar-refractivity contribution in [3.05, 3.63) is 64.5 Å². The molecule has 1 amide bonds. The maximum absolute atomic E-state index is 13.0. The third-order valence-corrected chi connectivity index (χ3v) is 5.15. The summed E-state index contributed by atoms with van der Waals surface area (Å²) in [6, 6.07) is 19.1. The van der Waals surface area contributed by atoms with Crippen LogP contribution in [0.1, 0.15) is 16.1 Å². The number of thiophene rings is 1. The number of fused-ring (bicyclic) bond motifs is 1. The predicted octanol–water partition coefficient (Wildman–Crippen LogP) is 5.12. The summed E-state index contributed by atoms with van der Waals surface area (Å²) in [5, 5.41) is 10.2. The Kier molecular flexibility index (Phi) is 4.61. The third-order valence-electron chi connectivity index (χ3n) is 3.49. The third kappa shape index (κ3) is 3.07. The first-order valence-electron chi connectivity index (χ1n) is 7.13. The fourth-order valence-corrected chi connectivity index (χ4v) is 3.85. The highest BCUT2D eigenvalue weighted by Crippen LogP contribution is 2.36. The Hall–Kier alpha value is -2.35. The molecule has 0 saturated heterocycles. The van der Waals surface area contributed by atoms with Gasteiger partial charge in [-0.15, -0.1) is 11.3 Å². The molecule has 0 aliphatic heterocycles. The number of carbonyl (C=O) groups is 1. The van der Waals surface area contributed by atoms with Crippen molar-refractivity contribution >= 4 is 44.6 Å². The molecule has 0 unspecified atom stereocenters. The molecule has 0 fully saturated rings. The summed E-state index contributed by atoms with van der Waals surface area (Å²) < 4.78 is 0.981. The Morgan fingerprint density at radius 2 is 1.83 bits per heavy atom. The van der Waals surface area contributed by atoms with Gasteiger partial charge in [0.15, 0.2) is 0 Å². The average Bonchev–Trinajstić information content (AvgIpc) is 2.93. The topological polar surface area (TPSA) is 44.1 Å². The Morgan fingerprint density at radius 3 is 2.52 bits per heavy atom. The summed E-state index contributed by atoms with van der Waals surface area (Å²) in [5.74, 6) is -0.169. The summed E-state index contributed by atoms with van der Waals surface area (Å²) in [5.41, 5.74) is 0.765. The minimum atomic E-state index is -0.169. The molecule has 0 aliphatic rings. The molecule has 0 saturated carbocycles. The number of carbonyl (C=O) groups excluding carboxylic acids is 1.